The molecule has 0 bridgehead atoms. The minimum Gasteiger partial charge on any atom is -0.334 e. The summed E-state index contributed by atoms with van der Waals surface area (Å²) in [6.07, 6.45) is 3.30. The van der Waals surface area contributed by atoms with Gasteiger partial charge in [0.05, 0.1) is 17.4 Å². The number of amides is 1. The summed E-state index contributed by atoms with van der Waals surface area (Å²) in [5.74, 6) is 0.422. The molecule has 0 unspecified atom stereocenters. The van der Waals surface area contributed by atoms with Gasteiger partial charge in [0, 0.05) is 12.6 Å². The SMILES string of the molecule is CN(Cc1nc2ccccc2c(=O)[nH]1)C(=O)c1ccc2c(c1)CCC2. The van der Waals surface area contributed by atoms with Crippen LogP contribution in [0.25, 0.3) is 10.9 Å². The van der Waals surface area contributed by atoms with Crippen LogP contribution in [-0.4, -0.2) is 27.8 Å². The molecule has 0 atom stereocenters. The van der Waals surface area contributed by atoms with E-state index in [4.69, 9.17) is 0 Å². The number of nitrogens with zero attached hydrogens (tertiary/aromatic N) is 2. The molecule has 0 saturated heterocycles. The Kier molecular flexibility index (Phi) is 3.84. The quantitative estimate of drug-likeness (QED) is 0.801. The number of H-pyrrole nitrogens is 1. The third-order valence-corrected chi connectivity index (χ3v) is 4.74. The van der Waals surface area contributed by atoms with Crippen LogP contribution >= 0.6 is 0 Å². The van der Waals surface area contributed by atoms with E-state index in [9.17, 15) is 9.59 Å². The highest BCUT2D eigenvalue weighted by Gasteiger charge is 2.17. The van der Waals surface area contributed by atoms with Gasteiger partial charge in [-0.15, -0.1) is 0 Å². The van der Waals surface area contributed by atoms with Crippen LogP contribution in [0.4, 0.5) is 0 Å². The number of carbonyl (C=O) groups excluding carboxylic acids is 1. The number of rotatable bonds is 3. The van der Waals surface area contributed by atoms with Crippen molar-refractivity contribution in [2.75, 3.05) is 7.05 Å². The molecule has 4 rings (SSSR count). The van der Waals surface area contributed by atoms with E-state index in [2.05, 4.69) is 16.0 Å². The average molecular weight is 333 g/mol. The first kappa shape index (κ1) is 15.6. The van der Waals surface area contributed by atoms with Gasteiger partial charge in [0.15, 0.2) is 0 Å². The van der Waals surface area contributed by atoms with Gasteiger partial charge in [-0.1, -0.05) is 18.2 Å². The van der Waals surface area contributed by atoms with E-state index in [1.807, 2.05) is 24.3 Å². The van der Waals surface area contributed by atoms with E-state index in [0.717, 1.165) is 19.3 Å². The smallest absolute Gasteiger partial charge is 0.258 e. The fraction of sp³-hybridized carbons (Fsp3) is 0.250. The summed E-state index contributed by atoms with van der Waals surface area (Å²) >= 11 is 0. The molecule has 0 radical (unpaired) electrons. The van der Waals surface area contributed by atoms with Crippen molar-refractivity contribution in [2.45, 2.75) is 25.8 Å². The minimum atomic E-state index is -0.182. The molecule has 1 N–H and O–H groups in total. The Morgan fingerprint density at radius 2 is 1.96 bits per heavy atom. The highest BCUT2D eigenvalue weighted by atomic mass is 16.2. The molecular formula is C20H19N3O2. The fourth-order valence-electron chi connectivity index (χ4n) is 3.43. The molecule has 0 saturated carbocycles. The van der Waals surface area contributed by atoms with Gasteiger partial charge in [0.1, 0.15) is 5.82 Å². The third-order valence-electron chi connectivity index (χ3n) is 4.74. The standard InChI is InChI=1S/C20H19N3O2/c1-23(20(25)15-10-9-13-5-4-6-14(13)11-15)12-18-21-17-8-3-2-7-16(17)19(24)22-18/h2-3,7-11H,4-6,12H2,1H3,(H,21,22,24). The third kappa shape index (κ3) is 2.93. The first-order valence-electron chi connectivity index (χ1n) is 8.47. The Morgan fingerprint density at radius 1 is 1.16 bits per heavy atom. The van der Waals surface area contributed by atoms with Crippen LogP contribution < -0.4 is 5.56 Å². The number of para-hydroxylation sites is 1. The van der Waals surface area contributed by atoms with Crippen LogP contribution in [0, 0.1) is 0 Å². The molecular weight excluding hydrogens is 314 g/mol. The number of aromatic amines is 1. The van der Waals surface area contributed by atoms with Crippen LogP contribution in [0.1, 0.15) is 33.7 Å². The Hall–Kier alpha value is -2.95. The Labute approximate surface area is 145 Å². The van der Waals surface area contributed by atoms with Crippen LogP contribution in [0.3, 0.4) is 0 Å². The van der Waals surface area contributed by atoms with Crippen molar-refractivity contribution in [3.05, 3.63) is 75.3 Å². The van der Waals surface area contributed by atoms with E-state index < -0.39 is 0 Å². The number of carbonyl (C=O) groups is 1. The van der Waals surface area contributed by atoms with Gasteiger partial charge in [-0.25, -0.2) is 4.98 Å². The van der Waals surface area contributed by atoms with E-state index >= 15 is 0 Å². The molecule has 1 aromatic heterocycles. The number of benzene rings is 2. The molecule has 2 aromatic carbocycles. The number of hydrogen-bond donors (Lipinski definition) is 1. The molecule has 5 nitrogen and oxygen atoms in total. The maximum absolute atomic E-state index is 12.7. The lowest BCUT2D eigenvalue weighted by molar-refractivity contribution is 0.0781. The van der Waals surface area contributed by atoms with Crippen LogP contribution in [0.2, 0.25) is 0 Å². The van der Waals surface area contributed by atoms with Gasteiger partial charge in [-0.2, -0.15) is 0 Å². The lowest BCUT2D eigenvalue weighted by Crippen LogP contribution is -2.28. The van der Waals surface area contributed by atoms with Crippen LogP contribution in [0.15, 0.2) is 47.3 Å². The van der Waals surface area contributed by atoms with Crippen molar-refractivity contribution in [3.63, 3.8) is 0 Å². The zero-order valence-electron chi connectivity index (χ0n) is 14.1. The number of nitrogens with one attached hydrogen (secondary N) is 1. The Bertz CT molecular complexity index is 1020. The molecule has 1 aliphatic rings. The highest BCUT2D eigenvalue weighted by molar-refractivity contribution is 5.94. The summed E-state index contributed by atoms with van der Waals surface area (Å²) in [4.78, 5) is 33.7. The summed E-state index contributed by atoms with van der Waals surface area (Å²) in [7, 11) is 1.73. The van der Waals surface area contributed by atoms with Crippen molar-refractivity contribution >= 4 is 16.8 Å². The second-order valence-electron chi connectivity index (χ2n) is 6.53. The molecule has 5 heteroatoms. The molecule has 3 aromatic rings. The van der Waals surface area contributed by atoms with Crippen molar-refractivity contribution in [3.8, 4) is 0 Å². The zero-order chi connectivity index (χ0) is 17.4. The first-order chi connectivity index (χ1) is 12.1. The molecule has 126 valence electrons. The zero-order valence-corrected chi connectivity index (χ0v) is 14.1. The van der Waals surface area contributed by atoms with Crippen molar-refractivity contribution < 1.29 is 4.79 Å². The summed E-state index contributed by atoms with van der Waals surface area (Å²) in [5.41, 5.74) is 3.76. The highest BCUT2D eigenvalue weighted by Crippen LogP contribution is 2.23. The lowest BCUT2D eigenvalue weighted by atomic mass is 10.1. The van der Waals surface area contributed by atoms with E-state index in [0.29, 0.717) is 22.3 Å². The topological polar surface area (TPSA) is 66.1 Å². The van der Waals surface area contributed by atoms with Gasteiger partial charge in [0.25, 0.3) is 11.5 Å². The van der Waals surface area contributed by atoms with Crippen molar-refractivity contribution in [1.29, 1.82) is 0 Å². The molecule has 25 heavy (non-hydrogen) atoms. The summed E-state index contributed by atoms with van der Waals surface area (Å²) < 4.78 is 0. The Morgan fingerprint density at radius 3 is 2.84 bits per heavy atom. The largest absolute Gasteiger partial charge is 0.334 e. The predicted molar refractivity (Wildman–Crippen MR) is 96.6 cm³/mol. The number of aryl methyl sites for hydroxylation is 2. The van der Waals surface area contributed by atoms with Crippen molar-refractivity contribution in [1.82, 2.24) is 14.9 Å². The first-order valence-corrected chi connectivity index (χ1v) is 8.47. The maximum Gasteiger partial charge on any atom is 0.258 e. The summed E-state index contributed by atoms with van der Waals surface area (Å²) in [6.45, 7) is 0.260. The molecule has 1 amide bonds. The molecule has 0 spiro atoms. The summed E-state index contributed by atoms with van der Waals surface area (Å²) in [5, 5.41) is 0.554. The van der Waals surface area contributed by atoms with E-state index in [1.165, 1.54) is 11.1 Å². The second kappa shape index (κ2) is 6.16. The monoisotopic (exact) mass is 333 g/mol. The van der Waals surface area contributed by atoms with Gasteiger partial charge in [-0.3, -0.25) is 9.59 Å². The minimum absolute atomic E-state index is 0.0643. The molecule has 1 heterocycles. The molecule has 1 aliphatic carbocycles. The number of fused-ring (bicyclic) bond motifs is 2. The van der Waals surface area contributed by atoms with E-state index in [1.54, 1.807) is 24.1 Å². The van der Waals surface area contributed by atoms with Crippen molar-refractivity contribution in [2.24, 2.45) is 0 Å². The average Bonchev–Trinajstić information content (AvgIpc) is 3.08. The van der Waals surface area contributed by atoms with Gasteiger partial charge < -0.3 is 9.88 Å². The predicted octanol–water partition coefficient (Wildman–Crippen LogP) is 2.68. The van der Waals surface area contributed by atoms with Gasteiger partial charge in [-0.05, 0) is 54.7 Å². The van der Waals surface area contributed by atoms with Crippen LogP contribution in [-0.2, 0) is 19.4 Å². The van der Waals surface area contributed by atoms with Gasteiger partial charge in [0.2, 0.25) is 0 Å². The number of hydrogen-bond acceptors (Lipinski definition) is 3. The summed E-state index contributed by atoms with van der Waals surface area (Å²) in [6, 6.07) is 13.1. The van der Waals surface area contributed by atoms with Gasteiger partial charge >= 0.3 is 0 Å². The Balaban J connectivity index is 1.58. The molecule has 0 fully saturated rings. The lowest BCUT2D eigenvalue weighted by Gasteiger charge is -2.17. The second-order valence-corrected chi connectivity index (χ2v) is 6.53. The normalized spacial score (nSPS) is 13.0. The fourth-order valence-corrected chi connectivity index (χ4v) is 3.43. The maximum atomic E-state index is 12.7. The number of aromatic nitrogens is 2. The van der Waals surface area contributed by atoms with E-state index in [-0.39, 0.29) is 18.0 Å². The van der Waals surface area contributed by atoms with Crippen LogP contribution in [0.5, 0.6) is 0 Å². The molecule has 0 aliphatic heterocycles.